The summed E-state index contributed by atoms with van der Waals surface area (Å²) in [6.45, 7) is 8.04. The summed E-state index contributed by atoms with van der Waals surface area (Å²) < 4.78 is 1.76. The topological polar surface area (TPSA) is 70.4 Å². The lowest BCUT2D eigenvalue weighted by Crippen LogP contribution is -2.54. The molecule has 0 fully saturated rings. The van der Waals surface area contributed by atoms with Crippen LogP contribution in [-0.2, 0) is 26.6 Å². The third-order valence-corrected chi connectivity index (χ3v) is 5.12. The Morgan fingerprint density at radius 2 is 1.96 bits per heavy atom. The van der Waals surface area contributed by atoms with Crippen molar-refractivity contribution in [2.75, 3.05) is 20.1 Å². The van der Waals surface area contributed by atoms with Crippen molar-refractivity contribution in [3.05, 3.63) is 47.5 Å². The third kappa shape index (κ3) is 5.41. The first-order chi connectivity index (χ1) is 12.5. The van der Waals surface area contributed by atoms with Crippen LogP contribution >= 0.6 is 24.0 Å². The van der Waals surface area contributed by atoms with Crippen molar-refractivity contribution in [1.82, 2.24) is 30.3 Å². The van der Waals surface area contributed by atoms with Crippen molar-refractivity contribution in [2.45, 2.75) is 38.9 Å². The molecule has 0 saturated carbocycles. The molecule has 0 atom stereocenters. The molecule has 2 N–H and O–H groups in total. The van der Waals surface area contributed by atoms with Crippen molar-refractivity contribution in [3.8, 4) is 0 Å². The Morgan fingerprint density at radius 1 is 1.22 bits per heavy atom. The van der Waals surface area contributed by atoms with E-state index >= 15 is 0 Å². The number of aromatic nitrogens is 3. The summed E-state index contributed by atoms with van der Waals surface area (Å²) in [7, 11) is 3.67. The minimum Gasteiger partial charge on any atom is -0.355 e. The lowest BCUT2D eigenvalue weighted by Gasteiger charge is -2.42. The predicted molar refractivity (Wildman–Crippen MR) is 119 cm³/mol. The molecular weight excluding hydrogens is 453 g/mol. The average Bonchev–Trinajstić information content (AvgIpc) is 3.06. The van der Waals surface area contributed by atoms with Crippen LogP contribution in [0.25, 0.3) is 0 Å². The first-order valence-electron chi connectivity index (χ1n) is 9.09. The highest BCUT2D eigenvalue weighted by Crippen LogP contribution is 2.24. The summed E-state index contributed by atoms with van der Waals surface area (Å²) in [5.74, 6) is 1.65. The SMILES string of the molecule is CN=C(NCc1ncnn1C)NCC(C)(C)N1CCc2ccccc2C1.I. The van der Waals surface area contributed by atoms with Gasteiger partial charge in [0.2, 0.25) is 0 Å². The number of nitrogens with one attached hydrogen (secondary N) is 2. The van der Waals surface area contributed by atoms with Crippen LogP contribution < -0.4 is 10.6 Å². The van der Waals surface area contributed by atoms with Gasteiger partial charge in [0, 0.05) is 39.3 Å². The van der Waals surface area contributed by atoms with E-state index in [2.05, 4.69) is 68.7 Å². The van der Waals surface area contributed by atoms with E-state index in [1.165, 1.54) is 11.1 Å². The fraction of sp³-hybridized carbons (Fsp3) is 0.526. The second-order valence-electron chi connectivity index (χ2n) is 7.33. The third-order valence-electron chi connectivity index (χ3n) is 5.12. The Bertz CT molecular complexity index is 769. The van der Waals surface area contributed by atoms with Gasteiger partial charge in [-0.25, -0.2) is 4.98 Å². The Morgan fingerprint density at radius 3 is 2.63 bits per heavy atom. The molecule has 0 bridgehead atoms. The molecule has 1 aromatic carbocycles. The lowest BCUT2D eigenvalue weighted by atomic mass is 9.94. The van der Waals surface area contributed by atoms with Gasteiger partial charge in [0.15, 0.2) is 5.96 Å². The number of rotatable bonds is 5. The van der Waals surface area contributed by atoms with E-state index < -0.39 is 0 Å². The highest BCUT2D eigenvalue weighted by Gasteiger charge is 2.29. The molecule has 7 nitrogen and oxygen atoms in total. The standard InChI is InChI=1S/C19H29N7.HI/c1-19(2,26-10-9-15-7-5-6-8-16(15)12-26)13-22-18(20-3)21-11-17-23-14-24-25(17)4;/h5-8,14H,9-13H2,1-4H3,(H2,20,21,22);1H. The molecule has 8 heteroatoms. The van der Waals surface area contributed by atoms with Gasteiger partial charge in [-0.3, -0.25) is 14.6 Å². The van der Waals surface area contributed by atoms with Crippen LogP contribution in [0.5, 0.6) is 0 Å². The van der Waals surface area contributed by atoms with E-state index in [0.29, 0.717) is 6.54 Å². The molecule has 2 heterocycles. The Balaban J connectivity index is 0.00000261. The molecule has 0 radical (unpaired) electrons. The molecule has 1 aromatic heterocycles. The highest BCUT2D eigenvalue weighted by molar-refractivity contribution is 14.0. The first kappa shape index (κ1) is 21.6. The van der Waals surface area contributed by atoms with Gasteiger partial charge in [-0.2, -0.15) is 5.10 Å². The number of nitrogens with zero attached hydrogens (tertiary/aromatic N) is 5. The molecule has 1 aliphatic heterocycles. The van der Waals surface area contributed by atoms with Gasteiger partial charge >= 0.3 is 0 Å². The van der Waals surface area contributed by atoms with Crippen LogP contribution in [0.3, 0.4) is 0 Å². The molecule has 0 spiro atoms. The van der Waals surface area contributed by atoms with Crippen LogP contribution in [-0.4, -0.2) is 51.3 Å². The summed E-state index contributed by atoms with van der Waals surface area (Å²) >= 11 is 0. The Hall–Kier alpha value is -1.68. The van der Waals surface area contributed by atoms with Gasteiger partial charge in [-0.05, 0) is 31.4 Å². The largest absolute Gasteiger partial charge is 0.355 e. The van der Waals surface area contributed by atoms with Gasteiger partial charge in [-0.1, -0.05) is 24.3 Å². The molecule has 0 amide bonds. The van der Waals surface area contributed by atoms with E-state index in [1.807, 2.05) is 7.05 Å². The predicted octanol–water partition coefficient (Wildman–Crippen LogP) is 1.94. The smallest absolute Gasteiger partial charge is 0.191 e. The normalized spacial score (nSPS) is 15.0. The van der Waals surface area contributed by atoms with Crippen LogP contribution in [0.15, 0.2) is 35.6 Å². The molecule has 0 saturated heterocycles. The van der Waals surface area contributed by atoms with E-state index in [4.69, 9.17) is 0 Å². The van der Waals surface area contributed by atoms with Gasteiger partial charge in [0.05, 0.1) is 6.54 Å². The molecule has 1 aliphatic rings. The zero-order chi connectivity index (χ0) is 18.6. The van der Waals surface area contributed by atoms with Gasteiger partial charge in [-0.15, -0.1) is 24.0 Å². The molecular formula is C19H30IN7. The Kier molecular flexibility index (Phi) is 7.60. The minimum absolute atomic E-state index is 0. The lowest BCUT2D eigenvalue weighted by molar-refractivity contribution is 0.107. The van der Waals surface area contributed by atoms with Crippen molar-refractivity contribution in [1.29, 1.82) is 0 Å². The van der Waals surface area contributed by atoms with Gasteiger partial charge < -0.3 is 10.6 Å². The number of halogens is 1. The van der Waals surface area contributed by atoms with Crippen molar-refractivity contribution in [3.63, 3.8) is 0 Å². The second kappa shape index (κ2) is 9.50. The molecule has 0 unspecified atom stereocenters. The maximum absolute atomic E-state index is 4.32. The average molecular weight is 483 g/mol. The minimum atomic E-state index is 0. The summed E-state index contributed by atoms with van der Waals surface area (Å²) in [5, 5.41) is 10.8. The van der Waals surface area contributed by atoms with Crippen LogP contribution in [0.4, 0.5) is 0 Å². The molecule has 148 valence electrons. The number of aryl methyl sites for hydroxylation is 1. The number of hydrogen-bond acceptors (Lipinski definition) is 4. The number of hydrogen-bond donors (Lipinski definition) is 2. The number of benzene rings is 1. The molecule has 2 aromatic rings. The maximum Gasteiger partial charge on any atom is 0.191 e. The van der Waals surface area contributed by atoms with Crippen LogP contribution in [0, 0.1) is 0 Å². The van der Waals surface area contributed by atoms with E-state index in [0.717, 1.165) is 37.8 Å². The zero-order valence-corrected chi connectivity index (χ0v) is 18.9. The van der Waals surface area contributed by atoms with Crippen molar-refractivity contribution in [2.24, 2.45) is 12.0 Å². The second-order valence-corrected chi connectivity index (χ2v) is 7.33. The monoisotopic (exact) mass is 483 g/mol. The number of guanidine groups is 1. The zero-order valence-electron chi connectivity index (χ0n) is 16.6. The molecule has 27 heavy (non-hydrogen) atoms. The van der Waals surface area contributed by atoms with E-state index in [9.17, 15) is 0 Å². The van der Waals surface area contributed by atoms with E-state index in [-0.39, 0.29) is 29.5 Å². The van der Waals surface area contributed by atoms with Crippen molar-refractivity contribution >= 4 is 29.9 Å². The fourth-order valence-electron chi connectivity index (χ4n) is 3.29. The fourth-order valence-corrected chi connectivity index (χ4v) is 3.29. The highest BCUT2D eigenvalue weighted by atomic mass is 127. The quantitative estimate of drug-likeness (QED) is 0.387. The summed E-state index contributed by atoms with van der Waals surface area (Å²) in [5.41, 5.74) is 2.95. The summed E-state index contributed by atoms with van der Waals surface area (Å²) in [6, 6.07) is 8.75. The number of fused-ring (bicyclic) bond motifs is 1. The van der Waals surface area contributed by atoms with Crippen LogP contribution in [0.1, 0.15) is 30.8 Å². The summed E-state index contributed by atoms with van der Waals surface area (Å²) in [6.07, 6.45) is 2.67. The summed E-state index contributed by atoms with van der Waals surface area (Å²) in [4.78, 5) is 11.1. The first-order valence-corrected chi connectivity index (χ1v) is 9.09. The molecule has 3 rings (SSSR count). The van der Waals surface area contributed by atoms with Gasteiger partial charge in [0.25, 0.3) is 0 Å². The Labute approximate surface area is 178 Å². The van der Waals surface area contributed by atoms with Crippen LogP contribution in [0.2, 0.25) is 0 Å². The maximum atomic E-state index is 4.32. The molecule has 0 aliphatic carbocycles. The van der Waals surface area contributed by atoms with E-state index in [1.54, 1.807) is 18.1 Å². The van der Waals surface area contributed by atoms with Crippen molar-refractivity contribution < 1.29 is 0 Å². The van der Waals surface area contributed by atoms with Gasteiger partial charge in [0.1, 0.15) is 12.2 Å². The number of aliphatic imine (C=N–C) groups is 1.